The van der Waals surface area contributed by atoms with Crippen LogP contribution in [-0.4, -0.2) is 36.2 Å². The van der Waals surface area contributed by atoms with E-state index < -0.39 is 18.3 Å². The maximum atomic E-state index is 13.0. The van der Waals surface area contributed by atoms with Gasteiger partial charge in [-0.1, -0.05) is 50.2 Å². The number of carbonyl (C=O) groups is 2. The quantitative estimate of drug-likeness (QED) is 0.724. The summed E-state index contributed by atoms with van der Waals surface area (Å²) in [5.74, 6) is -1.38. The number of benzene rings is 2. The molecule has 0 spiro atoms. The average Bonchev–Trinajstić information content (AvgIpc) is 2.65. The number of halogens is 3. The van der Waals surface area contributed by atoms with Crippen LogP contribution >= 0.6 is 0 Å². The first-order valence-corrected chi connectivity index (χ1v) is 9.44. The first kappa shape index (κ1) is 23.3. The third-order valence-corrected chi connectivity index (χ3v) is 4.59. The van der Waals surface area contributed by atoms with E-state index in [1.807, 2.05) is 6.07 Å². The Morgan fingerprint density at radius 3 is 2.27 bits per heavy atom. The summed E-state index contributed by atoms with van der Waals surface area (Å²) in [5.41, 5.74) is 1.44. The van der Waals surface area contributed by atoms with E-state index in [1.165, 1.54) is 30.1 Å². The van der Waals surface area contributed by atoms with Crippen LogP contribution in [0.5, 0.6) is 5.75 Å². The molecule has 0 bridgehead atoms. The summed E-state index contributed by atoms with van der Waals surface area (Å²) in [6, 6.07) is 11.8. The molecule has 0 heterocycles. The molecule has 0 radical (unpaired) electrons. The molecule has 0 saturated heterocycles. The van der Waals surface area contributed by atoms with Gasteiger partial charge in [0.1, 0.15) is 11.8 Å². The van der Waals surface area contributed by atoms with Crippen molar-refractivity contribution >= 4 is 11.8 Å². The van der Waals surface area contributed by atoms with Crippen molar-refractivity contribution in [3.63, 3.8) is 0 Å². The van der Waals surface area contributed by atoms with Crippen LogP contribution in [0.15, 0.2) is 48.5 Å². The van der Waals surface area contributed by atoms with Gasteiger partial charge in [0, 0.05) is 24.7 Å². The van der Waals surface area contributed by atoms with Crippen molar-refractivity contribution in [2.75, 3.05) is 7.05 Å². The Balaban J connectivity index is 2.16. The highest BCUT2D eigenvalue weighted by molar-refractivity contribution is 5.98. The molecule has 30 heavy (non-hydrogen) atoms. The molecule has 162 valence electrons. The number of hydrogen-bond donors (Lipinski definition) is 1. The molecule has 2 rings (SSSR count). The topological polar surface area (TPSA) is 58.6 Å². The van der Waals surface area contributed by atoms with Gasteiger partial charge in [-0.3, -0.25) is 9.59 Å². The van der Waals surface area contributed by atoms with Gasteiger partial charge in [0.25, 0.3) is 5.91 Å². The fourth-order valence-corrected chi connectivity index (χ4v) is 2.99. The van der Waals surface area contributed by atoms with E-state index >= 15 is 0 Å². The van der Waals surface area contributed by atoms with Crippen molar-refractivity contribution < 1.29 is 27.5 Å². The highest BCUT2D eigenvalue weighted by Crippen LogP contribution is 2.27. The number of para-hydroxylation sites is 1. The fourth-order valence-electron chi connectivity index (χ4n) is 2.99. The zero-order valence-corrected chi connectivity index (χ0v) is 17.3. The van der Waals surface area contributed by atoms with E-state index in [-0.39, 0.29) is 29.7 Å². The van der Waals surface area contributed by atoms with Crippen molar-refractivity contribution in [3.05, 3.63) is 65.2 Å². The summed E-state index contributed by atoms with van der Waals surface area (Å²) >= 11 is 0. The molecular formula is C22H25F3N2O3. The Kier molecular flexibility index (Phi) is 7.48. The molecule has 0 fully saturated rings. The highest BCUT2D eigenvalue weighted by Gasteiger charge is 2.33. The predicted octanol–water partition coefficient (Wildman–Crippen LogP) is 4.31. The van der Waals surface area contributed by atoms with Gasteiger partial charge < -0.3 is 15.0 Å². The lowest BCUT2D eigenvalue weighted by atomic mass is 10.0. The predicted molar refractivity (Wildman–Crippen MR) is 107 cm³/mol. The lowest BCUT2D eigenvalue weighted by molar-refractivity contribution is -0.275. The Bertz CT molecular complexity index is 897. The second-order valence-corrected chi connectivity index (χ2v) is 7.36. The monoisotopic (exact) mass is 422 g/mol. The van der Waals surface area contributed by atoms with Crippen molar-refractivity contribution in [3.8, 4) is 5.75 Å². The molecule has 0 aliphatic heterocycles. The largest absolute Gasteiger partial charge is 0.573 e. The summed E-state index contributed by atoms with van der Waals surface area (Å²) in [5, 5.41) is 2.75. The van der Waals surface area contributed by atoms with Gasteiger partial charge >= 0.3 is 6.36 Å². The van der Waals surface area contributed by atoms with Crippen LogP contribution in [0.4, 0.5) is 13.2 Å². The molecule has 0 aliphatic rings. The summed E-state index contributed by atoms with van der Waals surface area (Å²) in [6.45, 7) is 5.27. The molecule has 1 N–H and O–H groups in total. The van der Waals surface area contributed by atoms with Gasteiger partial charge in [0.2, 0.25) is 5.91 Å². The number of ether oxygens (including phenoxy) is 1. The van der Waals surface area contributed by atoms with E-state index in [0.717, 1.165) is 5.56 Å². The molecule has 0 aromatic heterocycles. The van der Waals surface area contributed by atoms with E-state index in [4.69, 9.17) is 0 Å². The summed E-state index contributed by atoms with van der Waals surface area (Å²) in [6.07, 6.45) is -4.83. The number of aryl methyl sites for hydroxylation is 1. The minimum atomic E-state index is -4.83. The summed E-state index contributed by atoms with van der Waals surface area (Å²) in [7, 11) is 1.47. The van der Waals surface area contributed by atoms with Gasteiger partial charge in [-0.15, -0.1) is 13.2 Å². The Hall–Kier alpha value is -3.03. The second-order valence-electron chi connectivity index (χ2n) is 7.36. The number of carbonyl (C=O) groups excluding carboxylic acids is 2. The third kappa shape index (κ3) is 6.23. The zero-order valence-electron chi connectivity index (χ0n) is 17.3. The van der Waals surface area contributed by atoms with Crippen LogP contribution in [0, 0.1) is 12.8 Å². The number of likely N-dealkylation sites (N-methyl/N-ethyl adjacent to an activating group) is 1. The number of alkyl halides is 3. The molecule has 2 aromatic carbocycles. The number of hydrogen-bond acceptors (Lipinski definition) is 3. The van der Waals surface area contributed by atoms with Crippen molar-refractivity contribution in [2.24, 2.45) is 5.92 Å². The second kappa shape index (κ2) is 9.65. The fraction of sp³-hybridized carbons (Fsp3) is 0.364. The van der Waals surface area contributed by atoms with Crippen LogP contribution in [0.25, 0.3) is 0 Å². The number of nitrogens with one attached hydrogen (secondary N) is 1. The molecule has 0 saturated carbocycles. The number of rotatable bonds is 7. The molecule has 2 aromatic rings. The molecule has 0 aliphatic carbocycles. The van der Waals surface area contributed by atoms with Crippen LogP contribution < -0.4 is 10.1 Å². The Morgan fingerprint density at radius 2 is 1.67 bits per heavy atom. The Labute approximate surface area is 173 Å². The maximum Gasteiger partial charge on any atom is 0.573 e. The van der Waals surface area contributed by atoms with Crippen LogP contribution in [0.1, 0.15) is 35.3 Å². The van der Waals surface area contributed by atoms with Crippen LogP contribution in [-0.2, 0) is 11.3 Å². The molecular weight excluding hydrogens is 397 g/mol. The smallest absolute Gasteiger partial charge is 0.405 e. The van der Waals surface area contributed by atoms with Gasteiger partial charge in [0.05, 0.1) is 0 Å². The standard InChI is InChI=1S/C22H25F3N2O3/c1-14(2)19(26-20(28)17-11-7-5-9-15(17)3)21(29)27(4)13-16-10-6-8-12-18(16)30-22(23,24)25/h5-12,14,19H,13H2,1-4H3,(H,26,28). The van der Waals surface area contributed by atoms with Gasteiger partial charge in [0.15, 0.2) is 0 Å². The maximum absolute atomic E-state index is 13.0. The molecule has 1 unspecified atom stereocenters. The third-order valence-electron chi connectivity index (χ3n) is 4.59. The number of amides is 2. The lowest BCUT2D eigenvalue weighted by Crippen LogP contribution is -2.50. The van der Waals surface area contributed by atoms with Gasteiger partial charge in [-0.2, -0.15) is 0 Å². The molecule has 2 amide bonds. The van der Waals surface area contributed by atoms with Crippen molar-refractivity contribution in [2.45, 2.75) is 39.7 Å². The average molecular weight is 422 g/mol. The Morgan fingerprint density at radius 1 is 1.07 bits per heavy atom. The first-order chi connectivity index (χ1) is 14.0. The molecule has 1 atom stereocenters. The minimum absolute atomic E-state index is 0.103. The normalized spacial score (nSPS) is 12.4. The van der Waals surface area contributed by atoms with E-state index in [9.17, 15) is 22.8 Å². The number of nitrogens with zero attached hydrogens (tertiary/aromatic N) is 1. The summed E-state index contributed by atoms with van der Waals surface area (Å²) in [4.78, 5) is 26.9. The first-order valence-electron chi connectivity index (χ1n) is 9.44. The van der Waals surface area contributed by atoms with E-state index in [0.29, 0.717) is 5.56 Å². The molecule has 8 heteroatoms. The van der Waals surface area contributed by atoms with E-state index in [1.54, 1.807) is 45.0 Å². The van der Waals surface area contributed by atoms with Crippen LogP contribution in [0.3, 0.4) is 0 Å². The zero-order chi connectivity index (χ0) is 22.5. The van der Waals surface area contributed by atoms with Gasteiger partial charge in [-0.25, -0.2) is 0 Å². The van der Waals surface area contributed by atoms with Crippen molar-refractivity contribution in [1.82, 2.24) is 10.2 Å². The van der Waals surface area contributed by atoms with Gasteiger partial charge in [-0.05, 0) is 30.5 Å². The highest BCUT2D eigenvalue weighted by atomic mass is 19.4. The minimum Gasteiger partial charge on any atom is -0.405 e. The SMILES string of the molecule is Cc1ccccc1C(=O)NC(C(=O)N(C)Cc1ccccc1OC(F)(F)F)C(C)C. The van der Waals surface area contributed by atoms with Crippen LogP contribution in [0.2, 0.25) is 0 Å². The molecule has 5 nitrogen and oxygen atoms in total. The van der Waals surface area contributed by atoms with Crippen molar-refractivity contribution in [1.29, 1.82) is 0 Å². The summed E-state index contributed by atoms with van der Waals surface area (Å²) < 4.78 is 42.0. The van der Waals surface area contributed by atoms with E-state index in [2.05, 4.69) is 10.1 Å². The lowest BCUT2D eigenvalue weighted by Gasteiger charge is -2.28.